The highest BCUT2D eigenvalue weighted by atomic mass is 32.2. The Hall–Kier alpha value is -0.630. The number of unbranched alkanes of at least 4 members (excludes halogenated alkanes) is 1. The first-order valence-corrected chi connectivity index (χ1v) is 6.04. The number of benzene rings is 1. The summed E-state index contributed by atoms with van der Waals surface area (Å²) in [5.41, 5.74) is 0. The van der Waals surface area contributed by atoms with Gasteiger partial charge in [0.1, 0.15) is 0 Å². The molecule has 1 rings (SSSR count). The first-order valence-electron chi connectivity index (χ1n) is 4.65. The number of hydrogen-bond donors (Lipinski definition) is 0. The molecule has 0 aliphatic heterocycles. The molecule has 1 aromatic carbocycles. The Kier molecular flexibility index (Phi) is 6.33. The molecule has 0 radical (unpaired) electrons. The lowest BCUT2D eigenvalue weighted by Gasteiger charge is -1.99. The third kappa shape index (κ3) is 5.18. The number of aliphatic imine (C=N–C) groups is 1. The molecule has 0 fully saturated rings. The molecule has 1 nitrogen and oxygen atoms in total. The minimum atomic E-state index is 0.818. The average molecular weight is 223 g/mol. The van der Waals surface area contributed by atoms with Gasteiger partial charge in [-0.3, -0.25) is 0 Å². The van der Waals surface area contributed by atoms with Crippen LogP contribution in [0.2, 0.25) is 0 Å². The van der Waals surface area contributed by atoms with Crippen molar-refractivity contribution in [3.05, 3.63) is 30.3 Å². The summed E-state index contributed by atoms with van der Waals surface area (Å²) < 4.78 is 0. The molecule has 0 bridgehead atoms. The van der Waals surface area contributed by atoms with Crippen LogP contribution >= 0.6 is 24.0 Å². The quantitative estimate of drug-likeness (QED) is 0.316. The predicted octanol–water partition coefficient (Wildman–Crippen LogP) is 3.66. The Labute approximate surface area is 94.6 Å². The number of rotatable bonds is 6. The summed E-state index contributed by atoms with van der Waals surface area (Å²) in [7, 11) is 0. The highest BCUT2D eigenvalue weighted by molar-refractivity contribution is 7.99. The normalized spacial score (nSPS) is 9.43. The van der Waals surface area contributed by atoms with Gasteiger partial charge in [-0.1, -0.05) is 18.2 Å². The van der Waals surface area contributed by atoms with Crippen LogP contribution in [0.1, 0.15) is 12.8 Å². The second-order valence-corrected chi connectivity index (χ2v) is 4.19. The molecule has 0 aliphatic rings. The Morgan fingerprint density at radius 2 is 2.00 bits per heavy atom. The molecule has 0 saturated heterocycles. The maximum atomic E-state index is 4.48. The second kappa shape index (κ2) is 7.74. The maximum absolute atomic E-state index is 4.48. The van der Waals surface area contributed by atoms with Gasteiger partial charge in [-0.25, -0.2) is 4.99 Å². The third-order valence-corrected chi connectivity index (χ3v) is 2.97. The van der Waals surface area contributed by atoms with Gasteiger partial charge in [-0.05, 0) is 42.9 Å². The molecule has 0 spiro atoms. The van der Waals surface area contributed by atoms with Gasteiger partial charge < -0.3 is 0 Å². The summed E-state index contributed by atoms with van der Waals surface area (Å²) in [4.78, 5) is 5.21. The molecule has 0 N–H and O–H groups in total. The zero-order chi connectivity index (χ0) is 10.1. The zero-order valence-electron chi connectivity index (χ0n) is 7.98. The monoisotopic (exact) mass is 223 g/mol. The SMILES string of the molecule is S=C=NCCCCSc1ccccc1. The molecule has 0 amide bonds. The number of thiocarbonyl (C=S) groups is 1. The van der Waals surface area contributed by atoms with Crippen LogP contribution in [0, 0.1) is 0 Å². The molecule has 0 aliphatic carbocycles. The molecule has 1 aromatic rings. The van der Waals surface area contributed by atoms with E-state index in [4.69, 9.17) is 0 Å². The summed E-state index contributed by atoms with van der Waals surface area (Å²) in [5, 5.41) is 2.38. The second-order valence-electron chi connectivity index (χ2n) is 2.84. The lowest BCUT2D eigenvalue weighted by Crippen LogP contribution is -1.84. The van der Waals surface area contributed by atoms with Crippen LogP contribution in [0.15, 0.2) is 40.2 Å². The third-order valence-electron chi connectivity index (χ3n) is 1.74. The maximum Gasteiger partial charge on any atom is 0.0584 e. The van der Waals surface area contributed by atoms with Crippen LogP contribution < -0.4 is 0 Å². The van der Waals surface area contributed by atoms with Crippen molar-refractivity contribution >= 4 is 29.1 Å². The van der Waals surface area contributed by atoms with Gasteiger partial charge in [0.05, 0.1) is 5.16 Å². The van der Waals surface area contributed by atoms with Crippen molar-refractivity contribution in [1.29, 1.82) is 0 Å². The molecule has 74 valence electrons. The molecular formula is C11H13NS2. The molecule has 0 saturated carbocycles. The first-order chi connectivity index (χ1) is 6.93. The van der Waals surface area contributed by atoms with Gasteiger partial charge >= 0.3 is 0 Å². The largest absolute Gasteiger partial charge is 0.233 e. The fourth-order valence-electron chi connectivity index (χ4n) is 1.05. The smallest absolute Gasteiger partial charge is 0.0584 e. The highest BCUT2D eigenvalue weighted by Crippen LogP contribution is 2.18. The summed E-state index contributed by atoms with van der Waals surface area (Å²) >= 11 is 6.38. The minimum Gasteiger partial charge on any atom is -0.233 e. The Bertz CT molecular complexity index is 291. The van der Waals surface area contributed by atoms with Crippen LogP contribution in [-0.2, 0) is 0 Å². The molecule has 0 unspecified atom stereocenters. The summed E-state index contributed by atoms with van der Waals surface area (Å²) in [6.45, 7) is 0.818. The van der Waals surface area contributed by atoms with E-state index in [1.165, 1.54) is 11.3 Å². The van der Waals surface area contributed by atoms with Crippen molar-refractivity contribution in [3.63, 3.8) is 0 Å². The molecule has 0 heterocycles. The van der Waals surface area contributed by atoms with Gasteiger partial charge in [0, 0.05) is 11.4 Å². The molecular weight excluding hydrogens is 210 g/mol. The van der Waals surface area contributed by atoms with Crippen LogP contribution in [0.4, 0.5) is 0 Å². The number of isothiocyanates is 1. The van der Waals surface area contributed by atoms with Gasteiger partial charge in [0.15, 0.2) is 0 Å². The van der Waals surface area contributed by atoms with Crippen molar-refractivity contribution in [2.75, 3.05) is 12.3 Å². The summed E-state index contributed by atoms with van der Waals surface area (Å²) in [6, 6.07) is 10.5. The van der Waals surface area contributed by atoms with Crippen molar-refractivity contribution < 1.29 is 0 Å². The van der Waals surface area contributed by atoms with E-state index in [2.05, 4.69) is 46.6 Å². The zero-order valence-corrected chi connectivity index (χ0v) is 9.61. The highest BCUT2D eigenvalue weighted by Gasteiger charge is 1.91. The van der Waals surface area contributed by atoms with E-state index in [-0.39, 0.29) is 0 Å². The molecule has 0 atom stereocenters. The van der Waals surface area contributed by atoms with Crippen LogP contribution in [0.25, 0.3) is 0 Å². The van der Waals surface area contributed by atoms with Gasteiger partial charge in [0.25, 0.3) is 0 Å². The van der Waals surface area contributed by atoms with Crippen molar-refractivity contribution in [3.8, 4) is 0 Å². The van der Waals surface area contributed by atoms with E-state index in [1.54, 1.807) is 0 Å². The van der Waals surface area contributed by atoms with E-state index in [0.29, 0.717) is 0 Å². The van der Waals surface area contributed by atoms with Gasteiger partial charge in [0.2, 0.25) is 0 Å². The number of hydrogen-bond acceptors (Lipinski definition) is 3. The fourth-order valence-corrected chi connectivity index (χ4v) is 2.07. The van der Waals surface area contributed by atoms with Gasteiger partial charge in [-0.15, -0.1) is 11.8 Å². The van der Waals surface area contributed by atoms with E-state index in [0.717, 1.165) is 18.7 Å². The molecule has 14 heavy (non-hydrogen) atoms. The van der Waals surface area contributed by atoms with E-state index < -0.39 is 0 Å². The minimum absolute atomic E-state index is 0.818. The van der Waals surface area contributed by atoms with E-state index in [1.807, 2.05) is 17.8 Å². The summed E-state index contributed by atoms with van der Waals surface area (Å²) in [6.07, 6.45) is 2.28. The van der Waals surface area contributed by atoms with Crippen molar-refractivity contribution in [2.24, 2.45) is 4.99 Å². The van der Waals surface area contributed by atoms with Crippen molar-refractivity contribution in [2.45, 2.75) is 17.7 Å². The van der Waals surface area contributed by atoms with Crippen LogP contribution in [0.3, 0.4) is 0 Å². The van der Waals surface area contributed by atoms with Crippen molar-refractivity contribution in [1.82, 2.24) is 0 Å². The van der Waals surface area contributed by atoms with Gasteiger partial charge in [-0.2, -0.15) is 0 Å². The number of nitrogens with zero attached hydrogens (tertiary/aromatic N) is 1. The fraction of sp³-hybridized carbons (Fsp3) is 0.364. The van der Waals surface area contributed by atoms with Crippen LogP contribution in [0.5, 0.6) is 0 Å². The van der Waals surface area contributed by atoms with E-state index >= 15 is 0 Å². The Balaban J connectivity index is 2.07. The molecule has 3 heteroatoms. The number of thioether (sulfide) groups is 1. The lowest BCUT2D eigenvalue weighted by molar-refractivity contribution is 0.819. The Morgan fingerprint density at radius 3 is 2.71 bits per heavy atom. The predicted molar refractivity (Wildman–Crippen MR) is 66.3 cm³/mol. The lowest BCUT2D eigenvalue weighted by atomic mass is 10.3. The van der Waals surface area contributed by atoms with Crippen LogP contribution in [-0.4, -0.2) is 17.5 Å². The standard InChI is InChI=1S/C11H13NS2/c13-10-12-8-4-5-9-14-11-6-2-1-3-7-11/h1-3,6-7H,4-5,8-9H2. The Morgan fingerprint density at radius 1 is 1.21 bits per heavy atom. The average Bonchev–Trinajstić information content (AvgIpc) is 2.25. The van der Waals surface area contributed by atoms with E-state index in [9.17, 15) is 0 Å². The molecule has 0 aromatic heterocycles. The summed E-state index contributed by atoms with van der Waals surface area (Å²) in [5.74, 6) is 1.15. The topological polar surface area (TPSA) is 12.4 Å². The first kappa shape index (κ1) is 11.4.